The Kier molecular flexibility index (Phi) is 3.97. The molecule has 2 rings (SSSR count). The highest BCUT2D eigenvalue weighted by molar-refractivity contribution is 9.10. The Labute approximate surface area is 112 Å². The van der Waals surface area contributed by atoms with E-state index < -0.39 is 0 Å². The van der Waals surface area contributed by atoms with Gasteiger partial charge in [0.2, 0.25) is 0 Å². The third-order valence-corrected chi connectivity index (χ3v) is 4.45. The summed E-state index contributed by atoms with van der Waals surface area (Å²) in [6.07, 6.45) is 0.853. The molecule has 0 radical (unpaired) electrons. The van der Waals surface area contributed by atoms with Crippen molar-refractivity contribution in [1.82, 2.24) is 4.98 Å². The molecular formula is C11H10BrClN2S. The monoisotopic (exact) mass is 316 g/mol. The minimum atomic E-state index is 0.640. The Morgan fingerprint density at radius 2 is 2.00 bits per heavy atom. The van der Waals surface area contributed by atoms with Crippen molar-refractivity contribution in [2.24, 2.45) is 5.73 Å². The summed E-state index contributed by atoms with van der Waals surface area (Å²) < 4.78 is 0.896. The van der Waals surface area contributed by atoms with Gasteiger partial charge in [-0.05, 0) is 41.0 Å². The van der Waals surface area contributed by atoms with E-state index in [9.17, 15) is 0 Å². The number of hydrogen-bond donors (Lipinski definition) is 1. The summed E-state index contributed by atoms with van der Waals surface area (Å²) >= 11 is 11.0. The van der Waals surface area contributed by atoms with Crippen LogP contribution in [0.2, 0.25) is 5.02 Å². The molecule has 0 amide bonds. The fourth-order valence-electron chi connectivity index (χ4n) is 1.33. The van der Waals surface area contributed by atoms with Gasteiger partial charge in [0.05, 0.1) is 0 Å². The fraction of sp³-hybridized carbons (Fsp3) is 0.182. The van der Waals surface area contributed by atoms with Gasteiger partial charge in [0.25, 0.3) is 0 Å². The van der Waals surface area contributed by atoms with Gasteiger partial charge >= 0.3 is 0 Å². The average Bonchev–Trinajstić information content (AvgIpc) is 2.62. The Hall–Kier alpha value is -0.420. The van der Waals surface area contributed by atoms with Gasteiger partial charge < -0.3 is 5.73 Å². The Balaban J connectivity index is 2.33. The topological polar surface area (TPSA) is 38.9 Å². The van der Waals surface area contributed by atoms with Gasteiger partial charge in [-0.3, -0.25) is 0 Å². The Morgan fingerprint density at radius 1 is 1.31 bits per heavy atom. The molecule has 0 spiro atoms. The van der Waals surface area contributed by atoms with Gasteiger partial charge in [0.1, 0.15) is 9.61 Å². The first-order valence-corrected chi connectivity index (χ1v) is 6.80. The van der Waals surface area contributed by atoms with E-state index in [1.54, 1.807) is 11.3 Å². The normalized spacial score (nSPS) is 10.7. The lowest BCUT2D eigenvalue weighted by Crippen LogP contribution is -2.01. The van der Waals surface area contributed by atoms with Crippen molar-refractivity contribution < 1.29 is 0 Å². The molecule has 1 heterocycles. The largest absolute Gasteiger partial charge is 0.330 e. The van der Waals surface area contributed by atoms with E-state index >= 15 is 0 Å². The van der Waals surface area contributed by atoms with Crippen LogP contribution in [0.15, 0.2) is 28.9 Å². The van der Waals surface area contributed by atoms with Crippen molar-refractivity contribution in [3.8, 4) is 10.6 Å². The summed E-state index contributed by atoms with van der Waals surface area (Å²) in [5, 5.41) is 1.73. The third kappa shape index (κ3) is 2.63. The smallest absolute Gasteiger partial charge is 0.124 e. The van der Waals surface area contributed by atoms with Crippen LogP contribution in [0.4, 0.5) is 0 Å². The molecule has 5 heteroatoms. The van der Waals surface area contributed by atoms with Gasteiger partial charge in [-0.1, -0.05) is 23.7 Å². The highest BCUT2D eigenvalue weighted by atomic mass is 79.9. The Morgan fingerprint density at radius 3 is 2.62 bits per heavy atom. The molecule has 2 aromatic rings. The zero-order chi connectivity index (χ0) is 11.5. The molecule has 1 aromatic heterocycles. The molecule has 2 N–H and O–H groups in total. The molecule has 0 fully saturated rings. The predicted octanol–water partition coefficient (Wildman–Crippen LogP) is 3.73. The maximum absolute atomic E-state index is 5.84. The number of halogens is 2. The van der Waals surface area contributed by atoms with E-state index in [1.807, 2.05) is 24.3 Å². The van der Waals surface area contributed by atoms with Crippen molar-refractivity contribution in [3.63, 3.8) is 0 Å². The van der Waals surface area contributed by atoms with Crippen LogP contribution in [-0.4, -0.2) is 11.5 Å². The minimum Gasteiger partial charge on any atom is -0.330 e. The number of nitrogens with two attached hydrogens (primary N) is 1. The molecule has 0 aliphatic rings. The minimum absolute atomic E-state index is 0.640. The molecule has 2 nitrogen and oxygen atoms in total. The lowest BCUT2D eigenvalue weighted by molar-refractivity contribution is 0.977. The van der Waals surface area contributed by atoms with Gasteiger partial charge in [0, 0.05) is 15.5 Å². The van der Waals surface area contributed by atoms with E-state index in [4.69, 9.17) is 17.3 Å². The maximum atomic E-state index is 5.84. The van der Waals surface area contributed by atoms with Crippen molar-refractivity contribution in [3.05, 3.63) is 38.8 Å². The highest BCUT2D eigenvalue weighted by Gasteiger charge is 2.09. The van der Waals surface area contributed by atoms with Crippen LogP contribution in [0.3, 0.4) is 0 Å². The van der Waals surface area contributed by atoms with Crippen molar-refractivity contribution in [1.29, 1.82) is 0 Å². The summed E-state index contributed by atoms with van der Waals surface area (Å²) in [7, 11) is 0. The van der Waals surface area contributed by atoms with Gasteiger partial charge in [-0.25, -0.2) is 4.98 Å². The number of rotatable bonds is 3. The van der Waals surface area contributed by atoms with Crippen LogP contribution >= 0.6 is 38.9 Å². The number of aromatic nitrogens is 1. The first kappa shape index (κ1) is 12.0. The zero-order valence-corrected chi connectivity index (χ0v) is 11.6. The van der Waals surface area contributed by atoms with Crippen LogP contribution in [0.25, 0.3) is 10.6 Å². The number of benzene rings is 1. The van der Waals surface area contributed by atoms with Crippen LogP contribution in [0, 0.1) is 0 Å². The van der Waals surface area contributed by atoms with E-state index in [-0.39, 0.29) is 0 Å². The molecule has 0 aliphatic carbocycles. The van der Waals surface area contributed by atoms with Gasteiger partial charge in [-0.2, -0.15) is 0 Å². The summed E-state index contributed by atoms with van der Waals surface area (Å²) in [5.74, 6) is 0. The van der Waals surface area contributed by atoms with E-state index in [1.165, 1.54) is 4.88 Å². The summed E-state index contributed by atoms with van der Waals surface area (Å²) in [5.41, 5.74) is 6.62. The van der Waals surface area contributed by atoms with Gasteiger partial charge in [0.15, 0.2) is 0 Å². The molecular weight excluding hydrogens is 308 g/mol. The summed E-state index contributed by atoms with van der Waals surface area (Å²) in [4.78, 5) is 5.65. The maximum Gasteiger partial charge on any atom is 0.124 e. The second-order valence-electron chi connectivity index (χ2n) is 3.28. The van der Waals surface area contributed by atoms with Crippen LogP contribution in [-0.2, 0) is 6.42 Å². The Bertz CT molecular complexity index is 481. The second-order valence-corrected chi connectivity index (χ2v) is 5.55. The molecule has 16 heavy (non-hydrogen) atoms. The van der Waals surface area contributed by atoms with Gasteiger partial charge in [-0.15, -0.1) is 11.3 Å². The number of thiazole rings is 1. The molecule has 0 unspecified atom stereocenters. The molecule has 0 saturated heterocycles. The van der Waals surface area contributed by atoms with E-state index in [0.717, 1.165) is 26.6 Å². The van der Waals surface area contributed by atoms with Crippen molar-refractivity contribution >= 4 is 38.9 Å². The quantitative estimate of drug-likeness (QED) is 0.937. The van der Waals surface area contributed by atoms with Crippen LogP contribution in [0.1, 0.15) is 4.88 Å². The lowest BCUT2D eigenvalue weighted by Gasteiger charge is -1.95. The number of nitrogens with zero attached hydrogens (tertiary/aromatic N) is 1. The summed E-state index contributed by atoms with van der Waals surface area (Å²) in [6.45, 7) is 0.640. The molecule has 0 atom stereocenters. The third-order valence-electron chi connectivity index (χ3n) is 2.11. The SMILES string of the molecule is NCCc1sc(-c2ccc(Cl)cc2)nc1Br. The fourth-order valence-corrected chi connectivity index (χ4v) is 3.17. The standard InChI is InChI=1S/C11H10BrClN2S/c12-10-9(5-6-14)16-11(15-10)7-1-3-8(13)4-2-7/h1-4H,5-6,14H2. The molecule has 0 aliphatic heterocycles. The molecule has 0 saturated carbocycles. The van der Waals surface area contributed by atoms with Crippen molar-refractivity contribution in [2.75, 3.05) is 6.54 Å². The van der Waals surface area contributed by atoms with E-state index in [0.29, 0.717) is 6.54 Å². The average molecular weight is 318 g/mol. The lowest BCUT2D eigenvalue weighted by atomic mass is 10.2. The summed E-state index contributed by atoms with van der Waals surface area (Å²) in [6, 6.07) is 7.68. The first-order chi connectivity index (χ1) is 7.70. The number of hydrogen-bond acceptors (Lipinski definition) is 3. The zero-order valence-electron chi connectivity index (χ0n) is 8.41. The molecule has 1 aromatic carbocycles. The molecule has 84 valence electrons. The van der Waals surface area contributed by atoms with E-state index in [2.05, 4.69) is 20.9 Å². The molecule has 0 bridgehead atoms. The first-order valence-electron chi connectivity index (χ1n) is 4.82. The second kappa shape index (κ2) is 5.27. The highest BCUT2D eigenvalue weighted by Crippen LogP contribution is 2.31. The van der Waals surface area contributed by atoms with Crippen LogP contribution in [0.5, 0.6) is 0 Å². The van der Waals surface area contributed by atoms with Crippen LogP contribution < -0.4 is 5.73 Å². The van der Waals surface area contributed by atoms with Crippen molar-refractivity contribution in [2.45, 2.75) is 6.42 Å². The predicted molar refractivity (Wildman–Crippen MR) is 73.0 cm³/mol.